The molecule has 0 amide bonds. The Balaban J connectivity index is 1.30. The summed E-state index contributed by atoms with van der Waals surface area (Å²) in [7, 11) is 1.56. The van der Waals surface area contributed by atoms with E-state index in [0.29, 0.717) is 52.4 Å². The number of aromatic nitrogens is 6. The minimum Gasteiger partial charge on any atom is -0.480 e. The molecule has 0 aliphatic heterocycles. The number of hydrogen-bond acceptors (Lipinski definition) is 8. The molecule has 6 rings (SSSR count). The SMILES string of the molecule is COc1ncnc(C2CC2)c1-c1ncc(-c2ccco2)c(NCc2ccc(-c3nc(C(F)(F)F)cn3C(C)C)cc2)n1. The van der Waals surface area contributed by atoms with Crippen molar-refractivity contribution in [1.82, 2.24) is 29.5 Å². The molecule has 1 aliphatic rings. The molecule has 1 N–H and O–H groups in total. The Labute approximate surface area is 239 Å². The van der Waals surface area contributed by atoms with Crippen LogP contribution in [0, 0.1) is 0 Å². The van der Waals surface area contributed by atoms with E-state index in [4.69, 9.17) is 14.1 Å². The van der Waals surface area contributed by atoms with E-state index in [1.807, 2.05) is 32.0 Å². The lowest BCUT2D eigenvalue weighted by atomic mass is 10.1. The Morgan fingerprint density at radius 2 is 1.86 bits per heavy atom. The first-order chi connectivity index (χ1) is 20.2. The second-order valence-electron chi connectivity index (χ2n) is 10.3. The van der Waals surface area contributed by atoms with Crippen LogP contribution >= 0.6 is 0 Å². The van der Waals surface area contributed by atoms with E-state index < -0.39 is 11.9 Å². The van der Waals surface area contributed by atoms with Gasteiger partial charge in [-0.15, -0.1) is 0 Å². The first-order valence-electron chi connectivity index (χ1n) is 13.5. The van der Waals surface area contributed by atoms with Crippen molar-refractivity contribution in [3.63, 3.8) is 0 Å². The molecule has 0 spiro atoms. The largest absolute Gasteiger partial charge is 0.480 e. The predicted octanol–water partition coefficient (Wildman–Crippen LogP) is 7.15. The molecule has 0 bridgehead atoms. The molecular weight excluding hydrogens is 547 g/mol. The van der Waals surface area contributed by atoms with Crippen LogP contribution in [0.1, 0.15) is 55.6 Å². The Morgan fingerprint density at radius 3 is 2.50 bits per heavy atom. The smallest absolute Gasteiger partial charge is 0.434 e. The van der Waals surface area contributed by atoms with Crippen molar-refractivity contribution in [2.45, 2.75) is 51.4 Å². The second-order valence-corrected chi connectivity index (χ2v) is 10.3. The Bertz CT molecular complexity index is 1690. The van der Waals surface area contributed by atoms with Crippen LogP contribution in [0.5, 0.6) is 5.88 Å². The van der Waals surface area contributed by atoms with Gasteiger partial charge in [0.1, 0.15) is 29.3 Å². The van der Waals surface area contributed by atoms with Gasteiger partial charge in [0.2, 0.25) is 5.88 Å². The molecule has 0 atom stereocenters. The van der Waals surface area contributed by atoms with Gasteiger partial charge in [-0.3, -0.25) is 0 Å². The number of benzene rings is 1. The molecule has 12 heteroatoms. The fraction of sp³-hybridized carbons (Fsp3) is 0.300. The van der Waals surface area contributed by atoms with Gasteiger partial charge in [0.15, 0.2) is 11.5 Å². The zero-order valence-electron chi connectivity index (χ0n) is 23.2. The van der Waals surface area contributed by atoms with Crippen LogP contribution in [0.3, 0.4) is 0 Å². The fourth-order valence-electron chi connectivity index (χ4n) is 4.76. The van der Waals surface area contributed by atoms with Crippen LogP contribution in [0.2, 0.25) is 0 Å². The minimum atomic E-state index is -4.52. The van der Waals surface area contributed by atoms with Crippen LogP contribution in [0.25, 0.3) is 34.1 Å². The molecule has 9 nitrogen and oxygen atoms in total. The lowest BCUT2D eigenvalue weighted by Gasteiger charge is -2.14. The first-order valence-corrected chi connectivity index (χ1v) is 13.5. The number of halogens is 3. The number of furan rings is 1. The lowest BCUT2D eigenvalue weighted by Crippen LogP contribution is -2.07. The number of rotatable bonds is 9. The van der Waals surface area contributed by atoms with Crippen LogP contribution in [0.4, 0.5) is 19.0 Å². The quantitative estimate of drug-likeness (QED) is 0.198. The summed E-state index contributed by atoms with van der Waals surface area (Å²) in [6.45, 7) is 4.02. The van der Waals surface area contributed by atoms with Crippen LogP contribution < -0.4 is 10.1 Å². The number of alkyl halides is 3. The summed E-state index contributed by atoms with van der Waals surface area (Å²) in [5.74, 6) is 2.56. The van der Waals surface area contributed by atoms with Crippen LogP contribution in [0.15, 0.2) is 65.8 Å². The predicted molar refractivity (Wildman–Crippen MR) is 150 cm³/mol. The van der Waals surface area contributed by atoms with E-state index >= 15 is 0 Å². The van der Waals surface area contributed by atoms with E-state index in [0.717, 1.165) is 30.3 Å². The lowest BCUT2D eigenvalue weighted by molar-refractivity contribution is -0.140. The summed E-state index contributed by atoms with van der Waals surface area (Å²) in [5.41, 5.74) is 2.77. The van der Waals surface area contributed by atoms with Crippen molar-refractivity contribution in [3.05, 3.63) is 78.3 Å². The maximum Gasteiger partial charge on any atom is 0.434 e. The minimum absolute atomic E-state index is 0.189. The standard InChI is InChI=1S/C30H28F3N7O2/c1-17(2)40-15-23(30(31,32)33)38-28(40)20-8-6-18(7-9-20)13-34-26-21(22-5-4-12-42-22)14-35-27(39-26)24-25(19-10-11-19)36-16-37-29(24)41-3/h4-9,12,14-17,19H,10-11,13H2,1-3H3,(H,34,35,39). The maximum atomic E-state index is 13.3. The highest BCUT2D eigenvalue weighted by Gasteiger charge is 2.35. The van der Waals surface area contributed by atoms with Gasteiger partial charge >= 0.3 is 6.18 Å². The van der Waals surface area contributed by atoms with Crippen LogP contribution in [-0.2, 0) is 12.7 Å². The number of imidazole rings is 1. The summed E-state index contributed by atoms with van der Waals surface area (Å²) in [6, 6.07) is 10.7. The molecule has 1 fully saturated rings. The maximum absolute atomic E-state index is 13.3. The van der Waals surface area contributed by atoms with Gasteiger partial charge in [0, 0.05) is 36.5 Å². The molecule has 1 aromatic carbocycles. The van der Waals surface area contributed by atoms with Gasteiger partial charge in [-0.2, -0.15) is 13.2 Å². The third kappa shape index (κ3) is 5.44. The third-order valence-corrected chi connectivity index (χ3v) is 7.05. The molecule has 0 saturated heterocycles. The zero-order valence-corrected chi connectivity index (χ0v) is 23.2. The first kappa shape index (κ1) is 27.4. The van der Waals surface area contributed by atoms with E-state index in [1.165, 1.54) is 10.9 Å². The average molecular weight is 576 g/mol. The number of ether oxygens (including phenoxy) is 1. The Morgan fingerprint density at radius 1 is 1.07 bits per heavy atom. The van der Waals surface area contributed by atoms with Crippen molar-refractivity contribution in [2.24, 2.45) is 0 Å². The number of methoxy groups -OCH3 is 1. The number of anilines is 1. The highest BCUT2D eigenvalue weighted by Crippen LogP contribution is 2.45. The monoisotopic (exact) mass is 575 g/mol. The van der Waals surface area contributed by atoms with Gasteiger partial charge in [-0.25, -0.2) is 24.9 Å². The molecule has 42 heavy (non-hydrogen) atoms. The van der Waals surface area contributed by atoms with Crippen molar-refractivity contribution in [3.8, 4) is 40.0 Å². The molecule has 0 radical (unpaired) electrons. The molecule has 1 aliphatic carbocycles. The van der Waals surface area contributed by atoms with E-state index in [-0.39, 0.29) is 11.9 Å². The average Bonchev–Trinajstić information content (AvgIpc) is 3.47. The normalized spacial score (nSPS) is 13.5. The van der Waals surface area contributed by atoms with Gasteiger partial charge in [-0.05, 0) is 44.4 Å². The van der Waals surface area contributed by atoms with Gasteiger partial charge in [0.25, 0.3) is 0 Å². The summed E-state index contributed by atoms with van der Waals surface area (Å²) in [4.78, 5) is 22.2. The summed E-state index contributed by atoms with van der Waals surface area (Å²) in [6.07, 6.45) is 3.38. The summed E-state index contributed by atoms with van der Waals surface area (Å²) >= 11 is 0. The third-order valence-electron chi connectivity index (χ3n) is 7.05. The van der Waals surface area contributed by atoms with E-state index in [2.05, 4.69) is 25.3 Å². The van der Waals surface area contributed by atoms with Crippen molar-refractivity contribution in [2.75, 3.05) is 12.4 Å². The Kier molecular flexibility index (Phi) is 7.13. The highest BCUT2D eigenvalue weighted by atomic mass is 19.4. The molecular formula is C30H28F3N7O2. The molecule has 1 saturated carbocycles. The molecule has 4 heterocycles. The van der Waals surface area contributed by atoms with Gasteiger partial charge < -0.3 is 19.0 Å². The van der Waals surface area contributed by atoms with Crippen LogP contribution in [-0.4, -0.2) is 36.6 Å². The topological polar surface area (TPSA) is 104 Å². The van der Waals surface area contributed by atoms with E-state index in [1.54, 1.807) is 37.8 Å². The number of nitrogens with zero attached hydrogens (tertiary/aromatic N) is 6. The van der Waals surface area contributed by atoms with Crippen molar-refractivity contribution in [1.29, 1.82) is 0 Å². The summed E-state index contributed by atoms with van der Waals surface area (Å²) in [5, 5.41) is 3.38. The molecule has 4 aromatic heterocycles. The Hall–Kier alpha value is -4.74. The second kappa shape index (κ2) is 10.9. The van der Waals surface area contributed by atoms with Gasteiger partial charge in [0.05, 0.1) is 24.6 Å². The number of nitrogens with one attached hydrogen (secondary N) is 1. The fourth-order valence-corrected chi connectivity index (χ4v) is 4.76. The molecule has 216 valence electrons. The van der Waals surface area contributed by atoms with Gasteiger partial charge in [-0.1, -0.05) is 24.3 Å². The zero-order chi connectivity index (χ0) is 29.4. The van der Waals surface area contributed by atoms with E-state index in [9.17, 15) is 13.2 Å². The van der Waals surface area contributed by atoms with Crippen molar-refractivity contribution < 1.29 is 22.3 Å². The summed E-state index contributed by atoms with van der Waals surface area (Å²) < 4.78 is 52.8. The molecule has 0 unspecified atom stereocenters. The molecule has 5 aromatic rings. The number of hydrogen-bond donors (Lipinski definition) is 1. The highest BCUT2D eigenvalue weighted by molar-refractivity contribution is 5.75. The van der Waals surface area contributed by atoms with Crippen molar-refractivity contribution >= 4 is 5.82 Å².